The Bertz CT molecular complexity index is 791. The summed E-state index contributed by atoms with van der Waals surface area (Å²) in [5, 5.41) is 0.680. The lowest BCUT2D eigenvalue weighted by Crippen LogP contribution is -2.23. The number of benzene rings is 1. The summed E-state index contributed by atoms with van der Waals surface area (Å²) < 4.78 is 5.14. The van der Waals surface area contributed by atoms with Crippen molar-refractivity contribution in [3.05, 3.63) is 51.1 Å². The molecule has 1 aliphatic rings. The Hall–Kier alpha value is -2.05. The van der Waals surface area contributed by atoms with E-state index in [-0.39, 0.29) is 5.91 Å². The number of carbonyl (C=O) groups is 1. The number of amidine groups is 1. The van der Waals surface area contributed by atoms with Crippen LogP contribution in [-0.4, -0.2) is 30.1 Å². The Morgan fingerprint density at radius 1 is 1.17 bits per heavy atom. The van der Waals surface area contributed by atoms with E-state index in [9.17, 15) is 4.79 Å². The molecular weight excluding hydrogens is 328 g/mol. The van der Waals surface area contributed by atoms with Gasteiger partial charge in [-0.2, -0.15) is 0 Å². The third-order valence-electron chi connectivity index (χ3n) is 3.34. The van der Waals surface area contributed by atoms with Gasteiger partial charge in [-0.25, -0.2) is 4.99 Å². The van der Waals surface area contributed by atoms with Gasteiger partial charge in [-0.3, -0.25) is 9.69 Å². The first-order valence-corrected chi connectivity index (χ1v) is 8.67. The number of hydrogen-bond acceptors (Lipinski definition) is 5. The zero-order chi connectivity index (χ0) is 16.4. The summed E-state index contributed by atoms with van der Waals surface area (Å²) in [6.45, 7) is 2.05. The van der Waals surface area contributed by atoms with Crippen LogP contribution in [0.3, 0.4) is 0 Å². The molecule has 2 heterocycles. The largest absolute Gasteiger partial charge is 0.497 e. The highest BCUT2D eigenvalue weighted by atomic mass is 32.2. The molecule has 118 valence electrons. The van der Waals surface area contributed by atoms with Crippen molar-refractivity contribution in [1.82, 2.24) is 4.90 Å². The van der Waals surface area contributed by atoms with Gasteiger partial charge in [-0.15, -0.1) is 11.3 Å². The van der Waals surface area contributed by atoms with Crippen molar-refractivity contribution in [3.63, 3.8) is 0 Å². The standard InChI is InChI=1S/C17H16N2O2S2/c1-11-4-9-14(22-11)10-15-16(20)19(2)17(23-15)18-12-5-7-13(21-3)8-6-12/h4-10H,1-3H3/b15-10-,18-17?. The average Bonchev–Trinajstić information content (AvgIpc) is 3.07. The molecule has 0 bridgehead atoms. The second kappa shape index (κ2) is 6.60. The van der Waals surface area contributed by atoms with Crippen molar-refractivity contribution in [2.45, 2.75) is 6.92 Å². The summed E-state index contributed by atoms with van der Waals surface area (Å²) in [5.74, 6) is 0.763. The fourth-order valence-electron chi connectivity index (χ4n) is 2.08. The van der Waals surface area contributed by atoms with Crippen molar-refractivity contribution in [2.24, 2.45) is 4.99 Å². The summed E-state index contributed by atoms with van der Waals surface area (Å²) >= 11 is 3.07. The number of aliphatic imine (C=N–C) groups is 1. The predicted octanol–water partition coefficient (Wildman–Crippen LogP) is 4.30. The number of ether oxygens (including phenoxy) is 1. The molecule has 3 rings (SSSR count). The number of thiophene rings is 1. The molecule has 0 atom stereocenters. The van der Waals surface area contributed by atoms with Gasteiger partial charge < -0.3 is 4.74 Å². The van der Waals surface area contributed by atoms with Gasteiger partial charge in [0.2, 0.25) is 0 Å². The maximum atomic E-state index is 12.4. The number of amides is 1. The molecule has 1 amide bonds. The SMILES string of the molecule is COc1ccc(N=C2S/C(=C\c3ccc(C)s3)C(=O)N2C)cc1. The molecule has 1 saturated heterocycles. The summed E-state index contributed by atoms with van der Waals surface area (Å²) in [6, 6.07) is 11.5. The van der Waals surface area contributed by atoms with Crippen LogP contribution in [0, 0.1) is 6.92 Å². The molecule has 1 aromatic heterocycles. The van der Waals surface area contributed by atoms with Gasteiger partial charge in [0.25, 0.3) is 5.91 Å². The fourth-order valence-corrected chi connectivity index (χ4v) is 3.95. The first-order chi connectivity index (χ1) is 11.1. The van der Waals surface area contributed by atoms with Crippen LogP contribution in [0.5, 0.6) is 5.75 Å². The number of nitrogens with zero attached hydrogens (tertiary/aromatic N) is 2. The maximum absolute atomic E-state index is 12.4. The molecule has 2 aromatic rings. The van der Waals surface area contributed by atoms with E-state index in [1.54, 1.807) is 30.4 Å². The highest BCUT2D eigenvalue weighted by molar-refractivity contribution is 8.18. The molecule has 0 saturated carbocycles. The van der Waals surface area contributed by atoms with Gasteiger partial charge in [0.1, 0.15) is 5.75 Å². The Labute approximate surface area is 143 Å². The number of aryl methyl sites for hydroxylation is 1. The molecule has 0 aliphatic carbocycles. The van der Waals surface area contributed by atoms with E-state index < -0.39 is 0 Å². The van der Waals surface area contributed by atoms with Crippen LogP contribution in [0.4, 0.5) is 5.69 Å². The van der Waals surface area contributed by atoms with Crippen LogP contribution in [0.2, 0.25) is 0 Å². The van der Waals surface area contributed by atoms with Crippen LogP contribution in [-0.2, 0) is 4.79 Å². The number of rotatable bonds is 3. The molecule has 0 N–H and O–H groups in total. The topological polar surface area (TPSA) is 41.9 Å². The third-order valence-corrected chi connectivity index (χ3v) is 5.34. The zero-order valence-electron chi connectivity index (χ0n) is 13.1. The van der Waals surface area contributed by atoms with Gasteiger partial charge >= 0.3 is 0 Å². The van der Waals surface area contributed by atoms with E-state index in [0.717, 1.165) is 16.3 Å². The zero-order valence-corrected chi connectivity index (χ0v) is 14.7. The third kappa shape index (κ3) is 3.48. The van der Waals surface area contributed by atoms with Gasteiger partial charge in [0.15, 0.2) is 5.17 Å². The van der Waals surface area contributed by atoms with Crippen molar-refractivity contribution in [1.29, 1.82) is 0 Å². The molecule has 1 fully saturated rings. The monoisotopic (exact) mass is 344 g/mol. The minimum absolute atomic E-state index is 0.0201. The molecule has 23 heavy (non-hydrogen) atoms. The van der Waals surface area contributed by atoms with Gasteiger partial charge in [0.05, 0.1) is 17.7 Å². The number of likely N-dealkylation sites (N-methyl/N-ethyl adjacent to an activating group) is 1. The normalized spacial score (nSPS) is 18.2. The molecule has 6 heteroatoms. The van der Waals surface area contributed by atoms with Crippen LogP contribution >= 0.6 is 23.1 Å². The maximum Gasteiger partial charge on any atom is 0.266 e. The molecule has 1 aromatic carbocycles. The summed E-state index contributed by atoms with van der Waals surface area (Å²) in [4.78, 5) is 21.5. The summed E-state index contributed by atoms with van der Waals surface area (Å²) in [5.41, 5.74) is 0.793. The minimum Gasteiger partial charge on any atom is -0.497 e. The van der Waals surface area contributed by atoms with E-state index in [2.05, 4.69) is 18.0 Å². The van der Waals surface area contributed by atoms with Crippen LogP contribution in [0.1, 0.15) is 9.75 Å². The molecule has 0 unspecified atom stereocenters. The molecular formula is C17H16N2O2S2. The van der Waals surface area contributed by atoms with Crippen LogP contribution in [0.15, 0.2) is 46.3 Å². The lowest BCUT2D eigenvalue weighted by Gasteiger charge is -2.07. The molecule has 1 aliphatic heterocycles. The highest BCUT2D eigenvalue weighted by Gasteiger charge is 2.30. The summed E-state index contributed by atoms with van der Waals surface area (Å²) in [6.07, 6.45) is 1.93. The van der Waals surface area contributed by atoms with Gasteiger partial charge in [-0.1, -0.05) is 0 Å². The first kappa shape index (κ1) is 15.8. The number of hydrogen-bond donors (Lipinski definition) is 0. The summed E-state index contributed by atoms with van der Waals surface area (Å²) in [7, 11) is 3.38. The quantitative estimate of drug-likeness (QED) is 0.780. The van der Waals surface area contributed by atoms with Crippen LogP contribution in [0.25, 0.3) is 6.08 Å². The van der Waals surface area contributed by atoms with Gasteiger partial charge in [0, 0.05) is 16.8 Å². The predicted molar refractivity (Wildman–Crippen MR) is 97.5 cm³/mol. The van der Waals surface area contributed by atoms with E-state index in [1.807, 2.05) is 36.4 Å². The Morgan fingerprint density at radius 3 is 2.52 bits per heavy atom. The molecule has 0 radical (unpaired) electrons. The lowest BCUT2D eigenvalue weighted by molar-refractivity contribution is -0.121. The highest BCUT2D eigenvalue weighted by Crippen LogP contribution is 2.34. The van der Waals surface area contributed by atoms with E-state index in [4.69, 9.17) is 4.74 Å². The number of methoxy groups -OCH3 is 1. The van der Waals surface area contributed by atoms with Gasteiger partial charge in [-0.05, 0) is 61.2 Å². The molecule has 4 nitrogen and oxygen atoms in total. The van der Waals surface area contributed by atoms with Crippen molar-refractivity contribution in [2.75, 3.05) is 14.2 Å². The second-order valence-electron chi connectivity index (χ2n) is 5.02. The van der Waals surface area contributed by atoms with Crippen LogP contribution < -0.4 is 4.74 Å². The van der Waals surface area contributed by atoms with E-state index in [0.29, 0.717) is 10.1 Å². The van der Waals surface area contributed by atoms with Crippen molar-refractivity contribution < 1.29 is 9.53 Å². The lowest BCUT2D eigenvalue weighted by atomic mass is 10.3. The van der Waals surface area contributed by atoms with Crippen molar-refractivity contribution >= 4 is 45.9 Å². The average molecular weight is 344 g/mol. The van der Waals surface area contributed by atoms with E-state index >= 15 is 0 Å². The van der Waals surface area contributed by atoms with E-state index in [1.165, 1.54) is 16.6 Å². The smallest absolute Gasteiger partial charge is 0.266 e. The minimum atomic E-state index is -0.0201. The molecule has 0 spiro atoms. The fraction of sp³-hybridized carbons (Fsp3) is 0.176. The Kier molecular flexibility index (Phi) is 4.54. The Balaban J connectivity index is 1.85. The van der Waals surface area contributed by atoms with Crippen molar-refractivity contribution in [3.8, 4) is 5.75 Å². The number of thioether (sulfide) groups is 1. The number of carbonyl (C=O) groups excluding carboxylic acids is 1. The second-order valence-corrected chi connectivity index (χ2v) is 7.34. The Morgan fingerprint density at radius 2 is 1.91 bits per heavy atom. The first-order valence-electron chi connectivity index (χ1n) is 7.03.